The first-order valence-electron chi connectivity index (χ1n) is 10.5. The Morgan fingerprint density at radius 2 is 1.48 bits per heavy atom. The van der Waals surface area contributed by atoms with Gasteiger partial charge in [-0.15, -0.1) is 0 Å². The van der Waals surface area contributed by atoms with Gasteiger partial charge >= 0.3 is 17.9 Å². The second-order valence-electron chi connectivity index (χ2n) is 7.74. The zero-order valence-electron chi connectivity index (χ0n) is 18.1. The van der Waals surface area contributed by atoms with Gasteiger partial charge in [0.2, 0.25) is 17.7 Å². The van der Waals surface area contributed by atoms with Crippen LogP contribution in [0.4, 0.5) is 0 Å². The maximum absolute atomic E-state index is 12.8. The Morgan fingerprint density at radius 1 is 0.909 bits per heavy atom. The van der Waals surface area contributed by atoms with Gasteiger partial charge in [0.1, 0.15) is 18.1 Å². The summed E-state index contributed by atoms with van der Waals surface area (Å²) in [5, 5.41) is 31.9. The summed E-state index contributed by atoms with van der Waals surface area (Å²) < 4.78 is 0. The van der Waals surface area contributed by atoms with Crippen LogP contribution < -0.4 is 22.1 Å². The molecule has 1 rings (SSSR count). The topological polar surface area (TPSA) is 242 Å². The average Bonchev–Trinajstić information content (AvgIpc) is 3.21. The van der Waals surface area contributed by atoms with Crippen LogP contribution in [0.1, 0.15) is 44.9 Å². The summed E-state index contributed by atoms with van der Waals surface area (Å²) in [4.78, 5) is 72.5. The van der Waals surface area contributed by atoms with Gasteiger partial charge in [0.15, 0.2) is 0 Å². The highest BCUT2D eigenvalue weighted by molar-refractivity contribution is 5.97. The Balaban J connectivity index is 2.95. The highest BCUT2D eigenvalue weighted by Gasteiger charge is 2.39. The van der Waals surface area contributed by atoms with Crippen LogP contribution in [0.25, 0.3) is 0 Å². The number of hydrogen-bond acceptors (Lipinski definition) is 8. The molecule has 1 aliphatic rings. The number of carbonyl (C=O) groups is 6. The fraction of sp³-hybridized carbons (Fsp3) is 0.684. The molecule has 0 radical (unpaired) electrons. The molecule has 1 aliphatic heterocycles. The first-order chi connectivity index (χ1) is 15.5. The van der Waals surface area contributed by atoms with Crippen molar-refractivity contribution in [3.8, 4) is 0 Å². The Labute approximate surface area is 189 Å². The number of nitrogens with two attached hydrogens (primary N) is 2. The lowest BCUT2D eigenvalue weighted by molar-refractivity contribution is -0.151. The molecule has 3 amide bonds. The fourth-order valence-electron chi connectivity index (χ4n) is 3.44. The van der Waals surface area contributed by atoms with Crippen LogP contribution >= 0.6 is 0 Å². The highest BCUT2D eigenvalue weighted by Crippen LogP contribution is 2.19. The number of rotatable bonds is 14. The van der Waals surface area contributed by atoms with Crippen molar-refractivity contribution < 1.29 is 44.1 Å². The van der Waals surface area contributed by atoms with Crippen LogP contribution in [0.3, 0.4) is 0 Å². The molecule has 14 heteroatoms. The van der Waals surface area contributed by atoms with Gasteiger partial charge in [-0.25, -0.2) is 4.79 Å². The first kappa shape index (κ1) is 27.8. The standard InChI is InChI=1S/C19H31N5O9/c20-6-2-1-4-10(21)16(29)22-11(8-14(25)26)17(30)23-12(9-15(27)28)18(31)24-7-3-5-13(24)19(32)33/h10-13H,1-9,20-21H2,(H,22,29)(H,23,30)(H,25,26)(H,27,28)(H,32,33). The molecule has 0 aliphatic carbocycles. The van der Waals surface area contributed by atoms with Crippen LogP contribution in [0.2, 0.25) is 0 Å². The van der Waals surface area contributed by atoms with Crippen molar-refractivity contribution in [3.63, 3.8) is 0 Å². The number of carboxylic acids is 3. The molecule has 0 spiro atoms. The molecule has 186 valence electrons. The largest absolute Gasteiger partial charge is 0.481 e. The molecule has 1 heterocycles. The predicted octanol–water partition coefficient (Wildman–Crippen LogP) is -2.56. The number of unbranched alkanes of at least 4 members (excludes halogenated alkanes) is 1. The van der Waals surface area contributed by atoms with Crippen molar-refractivity contribution in [1.29, 1.82) is 0 Å². The lowest BCUT2D eigenvalue weighted by atomic mass is 10.1. The predicted molar refractivity (Wildman–Crippen MR) is 112 cm³/mol. The van der Waals surface area contributed by atoms with Gasteiger partial charge < -0.3 is 42.3 Å². The SMILES string of the molecule is NCCCCC(N)C(=O)NC(CC(=O)O)C(=O)NC(CC(=O)O)C(=O)N1CCCC1C(=O)O. The van der Waals surface area contributed by atoms with Crippen LogP contribution in [-0.2, 0) is 28.8 Å². The Bertz CT molecular complexity index is 760. The summed E-state index contributed by atoms with van der Waals surface area (Å²) in [6, 6.07) is -5.47. The molecule has 1 saturated heterocycles. The molecule has 0 bridgehead atoms. The van der Waals surface area contributed by atoms with E-state index >= 15 is 0 Å². The molecule has 9 N–H and O–H groups in total. The summed E-state index contributed by atoms with van der Waals surface area (Å²) in [7, 11) is 0. The van der Waals surface area contributed by atoms with Crippen molar-refractivity contribution in [1.82, 2.24) is 15.5 Å². The number of nitrogens with one attached hydrogen (secondary N) is 2. The molecule has 4 atom stereocenters. The van der Waals surface area contributed by atoms with Crippen LogP contribution in [0.5, 0.6) is 0 Å². The van der Waals surface area contributed by atoms with Crippen LogP contribution in [-0.4, -0.2) is 93.1 Å². The van der Waals surface area contributed by atoms with E-state index in [1.165, 1.54) is 0 Å². The number of aliphatic carboxylic acids is 3. The minimum atomic E-state index is -1.65. The molecular weight excluding hydrogens is 442 g/mol. The number of carbonyl (C=O) groups excluding carboxylic acids is 3. The van der Waals surface area contributed by atoms with E-state index in [0.29, 0.717) is 25.8 Å². The monoisotopic (exact) mass is 473 g/mol. The maximum Gasteiger partial charge on any atom is 0.326 e. The van der Waals surface area contributed by atoms with E-state index in [-0.39, 0.29) is 19.4 Å². The number of hydrogen-bond donors (Lipinski definition) is 7. The second-order valence-corrected chi connectivity index (χ2v) is 7.74. The number of nitrogens with zero attached hydrogens (tertiary/aromatic N) is 1. The quantitative estimate of drug-likeness (QED) is 0.129. The van der Waals surface area contributed by atoms with Gasteiger partial charge in [0.25, 0.3) is 0 Å². The molecule has 0 aromatic heterocycles. The summed E-state index contributed by atoms with van der Waals surface area (Å²) in [6.07, 6.45) is 0.257. The van der Waals surface area contributed by atoms with Crippen molar-refractivity contribution in [3.05, 3.63) is 0 Å². The molecule has 33 heavy (non-hydrogen) atoms. The van der Waals surface area contributed by atoms with Crippen LogP contribution in [0, 0.1) is 0 Å². The summed E-state index contributed by atoms with van der Waals surface area (Å²) >= 11 is 0. The lowest BCUT2D eigenvalue weighted by Crippen LogP contribution is -2.57. The molecule has 1 fully saturated rings. The Morgan fingerprint density at radius 3 is 2.03 bits per heavy atom. The minimum Gasteiger partial charge on any atom is -0.481 e. The van der Waals surface area contributed by atoms with Gasteiger partial charge in [-0.05, 0) is 32.2 Å². The normalized spacial score (nSPS) is 18.1. The third-order valence-electron chi connectivity index (χ3n) is 5.13. The van der Waals surface area contributed by atoms with E-state index < -0.39 is 72.6 Å². The fourth-order valence-corrected chi connectivity index (χ4v) is 3.44. The van der Waals surface area contributed by atoms with Crippen molar-refractivity contribution in [2.75, 3.05) is 13.1 Å². The van der Waals surface area contributed by atoms with Gasteiger partial charge in [0.05, 0.1) is 18.9 Å². The summed E-state index contributed by atoms with van der Waals surface area (Å²) in [5.74, 6) is -6.96. The molecule has 14 nitrogen and oxygen atoms in total. The number of carboxylic acid groups (broad SMARTS) is 3. The van der Waals surface area contributed by atoms with Gasteiger partial charge in [-0.2, -0.15) is 0 Å². The molecular formula is C19H31N5O9. The summed E-state index contributed by atoms with van der Waals surface area (Å²) in [6.45, 7) is 0.464. The Hall–Kier alpha value is -3.26. The molecule has 0 aromatic rings. The third-order valence-corrected chi connectivity index (χ3v) is 5.13. The zero-order chi connectivity index (χ0) is 25.1. The van der Waals surface area contributed by atoms with E-state index in [2.05, 4.69) is 10.6 Å². The first-order valence-corrected chi connectivity index (χ1v) is 10.5. The maximum atomic E-state index is 12.8. The molecule has 0 saturated carbocycles. The van der Waals surface area contributed by atoms with E-state index in [4.69, 9.17) is 21.7 Å². The van der Waals surface area contributed by atoms with Crippen LogP contribution in [0.15, 0.2) is 0 Å². The van der Waals surface area contributed by atoms with Crippen molar-refractivity contribution >= 4 is 35.6 Å². The third kappa shape index (κ3) is 9.02. The van der Waals surface area contributed by atoms with Gasteiger partial charge in [-0.1, -0.05) is 6.42 Å². The van der Waals surface area contributed by atoms with E-state index in [1.807, 2.05) is 0 Å². The summed E-state index contributed by atoms with van der Waals surface area (Å²) in [5.41, 5.74) is 11.1. The number of likely N-dealkylation sites (tertiary alicyclic amines) is 1. The molecule has 0 aromatic carbocycles. The number of amides is 3. The van der Waals surface area contributed by atoms with E-state index in [9.17, 15) is 33.9 Å². The molecule has 4 unspecified atom stereocenters. The second kappa shape index (κ2) is 13.3. The van der Waals surface area contributed by atoms with E-state index in [0.717, 1.165) is 4.90 Å². The van der Waals surface area contributed by atoms with Crippen molar-refractivity contribution in [2.45, 2.75) is 69.1 Å². The smallest absolute Gasteiger partial charge is 0.326 e. The van der Waals surface area contributed by atoms with Gasteiger partial charge in [0, 0.05) is 6.54 Å². The minimum absolute atomic E-state index is 0.0642. The van der Waals surface area contributed by atoms with Crippen molar-refractivity contribution in [2.24, 2.45) is 11.5 Å². The zero-order valence-corrected chi connectivity index (χ0v) is 18.1. The highest BCUT2D eigenvalue weighted by atomic mass is 16.4. The van der Waals surface area contributed by atoms with Gasteiger partial charge in [-0.3, -0.25) is 24.0 Å². The average molecular weight is 473 g/mol. The van der Waals surface area contributed by atoms with E-state index in [1.54, 1.807) is 0 Å². The Kier molecular flexibility index (Phi) is 11.2. The lowest BCUT2D eigenvalue weighted by Gasteiger charge is -2.28.